The minimum Gasteiger partial charge on any atom is -0.460 e. The Kier molecular flexibility index (Phi) is 15.5. The molecular weight excluding hydrogens is 542 g/mol. The van der Waals surface area contributed by atoms with Crippen molar-refractivity contribution in [2.45, 2.75) is 82.4 Å². The van der Waals surface area contributed by atoms with Crippen molar-refractivity contribution in [3.63, 3.8) is 0 Å². The van der Waals surface area contributed by atoms with Crippen LogP contribution < -0.4 is 10.6 Å². The van der Waals surface area contributed by atoms with Crippen LogP contribution in [0.1, 0.15) is 64.7 Å². The average Bonchev–Trinajstić information content (AvgIpc) is 3.22. The number of esters is 1. The molecule has 0 radical (unpaired) electrons. The van der Waals surface area contributed by atoms with Crippen molar-refractivity contribution >= 4 is 41.4 Å². The van der Waals surface area contributed by atoms with Crippen LogP contribution in [0.15, 0.2) is 0 Å². The summed E-state index contributed by atoms with van der Waals surface area (Å²) in [6.45, 7) is 2.36. The Balaban J connectivity index is 1.57. The van der Waals surface area contributed by atoms with Gasteiger partial charge in [0.15, 0.2) is 6.29 Å². The van der Waals surface area contributed by atoms with Gasteiger partial charge in [0.2, 0.25) is 23.6 Å². The number of nitrogens with zero attached hydrogens (tertiary/aromatic N) is 1. The van der Waals surface area contributed by atoms with Gasteiger partial charge in [0.05, 0.1) is 18.0 Å². The second kappa shape index (κ2) is 18.3. The Morgan fingerprint density at radius 3 is 2.50 bits per heavy atom. The number of carbonyl (C=O) groups is 5. The first-order chi connectivity index (χ1) is 19.2. The summed E-state index contributed by atoms with van der Waals surface area (Å²) in [5.74, 6) is -0.219. The Labute approximate surface area is 240 Å². The molecule has 1 saturated heterocycles. The molecule has 0 bridgehead atoms. The molecule has 0 spiro atoms. The van der Waals surface area contributed by atoms with E-state index in [1.165, 1.54) is 23.8 Å². The monoisotopic (exact) mass is 587 g/mol. The zero-order valence-electron chi connectivity index (χ0n) is 23.9. The maximum absolute atomic E-state index is 12.8. The van der Waals surface area contributed by atoms with Gasteiger partial charge in [-0.2, -0.15) is 0 Å². The fourth-order valence-corrected chi connectivity index (χ4v) is 5.83. The molecule has 0 aromatic heterocycles. The molecular formula is C27H45N3O9S. The number of nitrogens with one attached hydrogen (secondary N) is 2. The number of likely N-dealkylation sites (tertiary alicyclic amines) is 1. The molecule has 3 unspecified atom stereocenters. The first kappa shape index (κ1) is 34.0. The first-order valence-electron chi connectivity index (χ1n) is 14.1. The average molecular weight is 588 g/mol. The molecule has 1 aliphatic carbocycles. The van der Waals surface area contributed by atoms with E-state index in [4.69, 9.17) is 14.2 Å². The molecule has 228 valence electrons. The lowest BCUT2D eigenvalue weighted by molar-refractivity contribution is -0.194. The fourth-order valence-electron chi connectivity index (χ4n) is 4.80. The van der Waals surface area contributed by atoms with E-state index in [0.29, 0.717) is 31.7 Å². The van der Waals surface area contributed by atoms with Gasteiger partial charge in [0.25, 0.3) is 0 Å². The largest absolute Gasteiger partial charge is 0.460 e. The number of hydrogen-bond donors (Lipinski definition) is 3. The van der Waals surface area contributed by atoms with E-state index >= 15 is 0 Å². The highest BCUT2D eigenvalue weighted by Gasteiger charge is 2.40. The minimum atomic E-state index is -0.772. The third kappa shape index (κ3) is 11.3. The lowest BCUT2D eigenvalue weighted by atomic mass is 9.81. The van der Waals surface area contributed by atoms with E-state index in [1.54, 1.807) is 7.05 Å². The Morgan fingerprint density at radius 1 is 1.15 bits per heavy atom. The van der Waals surface area contributed by atoms with E-state index < -0.39 is 23.6 Å². The molecule has 0 aromatic rings. The van der Waals surface area contributed by atoms with Gasteiger partial charge in [-0.3, -0.25) is 28.9 Å². The van der Waals surface area contributed by atoms with Crippen LogP contribution in [0.5, 0.6) is 0 Å². The molecule has 2 rings (SSSR count). The Bertz CT molecular complexity index is 847. The zero-order valence-corrected chi connectivity index (χ0v) is 24.7. The third-order valence-electron chi connectivity index (χ3n) is 7.28. The second-order valence-corrected chi connectivity index (χ2v) is 11.4. The standard InChI is InChI=1S/C27H45N3O9S/c1-4-20(16-31)39-25(37-3)17-38-24(34)7-5-6-22(32)29-12-13-40-21-14-23(33)30(27(21)36)15-18-8-10-19(11-9-18)26(35)28-2/h18-21,25,31H,4-17H2,1-3H3,(H,28,35)(H,29,32). The van der Waals surface area contributed by atoms with Crippen LogP contribution >= 0.6 is 11.8 Å². The lowest BCUT2D eigenvalue weighted by Gasteiger charge is -2.29. The SMILES string of the molecule is CCC(CO)OC(COC(=O)CCCC(=O)NCCSC1CC(=O)N(CC2CCC(C(=O)NC)CC2)C1=O)OC. The van der Waals surface area contributed by atoms with Crippen LogP contribution in [-0.2, 0) is 38.2 Å². The van der Waals surface area contributed by atoms with Gasteiger partial charge >= 0.3 is 5.97 Å². The van der Waals surface area contributed by atoms with E-state index in [0.717, 1.165) is 25.7 Å². The van der Waals surface area contributed by atoms with Crippen molar-refractivity contribution in [3.8, 4) is 0 Å². The second-order valence-electron chi connectivity index (χ2n) is 10.1. The molecule has 0 aromatic carbocycles. The summed E-state index contributed by atoms with van der Waals surface area (Å²) in [5.41, 5.74) is 0. The van der Waals surface area contributed by atoms with Gasteiger partial charge in [0, 0.05) is 58.2 Å². The number of amides is 4. The summed E-state index contributed by atoms with van der Waals surface area (Å²) >= 11 is 1.37. The molecule has 1 saturated carbocycles. The summed E-state index contributed by atoms with van der Waals surface area (Å²) in [6, 6.07) is 0. The van der Waals surface area contributed by atoms with Crippen LogP contribution in [0, 0.1) is 11.8 Å². The molecule has 3 atom stereocenters. The number of methoxy groups -OCH3 is 1. The van der Waals surface area contributed by atoms with Crippen LogP contribution in [0.2, 0.25) is 0 Å². The topological polar surface area (TPSA) is 161 Å². The quantitative estimate of drug-likeness (QED) is 0.0913. The molecule has 1 heterocycles. The molecule has 40 heavy (non-hydrogen) atoms. The summed E-state index contributed by atoms with van der Waals surface area (Å²) in [7, 11) is 3.06. The van der Waals surface area contributed by atoms with Gasteiger partial charge in [-0.25, -0.2) is 0 Å². The van der Waals surface area contributed by atoms with Crippen LogP contribution in [-0.4, -0.2) is 103 Å². The van der Waals surface area contributed by atoms with E-state index in [1.807, 2.05) is 6.92 Å². The number of rotatable bonds is 18. The van der Waals surface area contributed by atoms with Crippen molar-refractivity contribution in [2.75, 3.05) is 46.2 Å². The van der Waals surface area contributed by atoms with Crippen molar-refractivity contribution < 1.29 is 43.3 Å². The highest BCUT2D eigenvalue weighted by molar-refractivity contribution is 8.00. The van der Waals surface area contributed by atoms with Gasteiger partial charge in [0.1, 0.15) is 6.61 Å². The highest BCUT2D eigenvalue weighted by Crippen LogP contribution is 2.32. The maximum atomic E-state index is 12.8. The number of ether oxygens (including phenoxy) is 3. The normalized spacial score (nSPS) is 22.6. The van der Waals surface area contributed by atoms with Crippen LogP contribution in [0.4, 0.5) is 0 Å². The van der Waals surface area contributed by atoms with Gasteiger partial charge < -0.3 is 30.0 Å². The number of thioether (sulfide) groups is 1. The number of imide groups is 1. The van der Waals surface area contributed by atoms with Gasteiger partial charge in [-0.1, -0.05) is 6.92 Å². The summed E-state index contributed by atoms with van der Waals surface area (Å²) in [5, 5.41) is 14.2. The Morgan fingerprint density at radius 2 is 1.88 bits per heavy atom. The van der Waals surface area contributed by atoms with Crippen LogP contribution in [0.3, 0.4) is 0 Å². The van der Waals surface area contributed by atoms with E-state index in [2.05, 4.69) is 10.6 Å². The molecule has 12 nitrogen and oxygen atoms in total. The van der Waals surface area contributed by atoms with Crippen molar-refractivity contribution in [2.24, 2.45) is 11.8 Å². The first-order valence-corrected chi connectivity index (χ1v) is 15.2. The van der Waals surface area contributed by atoms with Gasteiger partial charge in [-0.05, 0) is 44.4 Å². The smallest absolute Gasteiger partial charge is 0.305 e. The van der Waals surface area contributed by atoms with Crippen molar-refractivity contribution in [1.29, 1.82) is 0 Å². The zero-order chi connectivity index (χ0) is 29.5. The molecule has 13 heteroatoms. The number of aliphatic hydroxyl groups excluding tert-OH is 1. The molecule has 2 aliphatic rings. The predicted octanol–water partition coefficient (Wildman–Crippen LogP) is 0.989. The van der Waals surface area contributed by atoms with Gasteiger partial charge in [-0.15, -0.1) is 11.8 Å². The van der Waals surface area contributed by atoms with E-state index in [-0.39, 0.29) is 67.9 Å². The number of carbonyl (C=O) groups excluding carboxylic acids is 5. The van der Waals surface area contributed by atoms with Crippen molar-refractivity contribution in [1.82, 2.24) is 15.5 Å². The summed E-state index contributed by atoms with van der Waals surface area (Å²) in [4.78, 5) is 62.5. The molecule has 2 fully saturated rings. The van der Waals surface area contributed by atoms with E-state index in [9.17, 15) is 29.1 Å². The maximum Gasteiger partial charge on any atom is 0.305 e. The summed E-state index contributed by atoms with van der Waals surface area (Å²) in [6.07, 6.45) is 3.32. The number of hydrogen-bond acceptors (Lipinski definition) is 10. The molecule has 4 amide bonds. The number of aliphatic hydroxyl groups is 1. The molecule has 3 N–H and O–H groups in total. The van der Waals surface area contributed by atoms with Crippen molar-refractivity contribution in [3.05, 3.63) is 0 Å². The Hall–Kier alpha value is -2.22. The predicted molar refractivity (Wildman–Crippen MR) is 148 cm³/mol. The van der Waals surface area contributed by atoms with Crippen LogP contribution in [0.25, 0.3) is 0 Å². The highest BCUT2D eigenvalue weighted by atomic mass is 32.2. The summed E-state index contributed by atoms with van der Waals surface area (Å²) < 4.78 is 15.7. The lowest BCUT2D eigenvalue weighted by Crippen LogP contribution is -2.38. The third-order valence-corrected chi connectivity index (χ3v) is 8.49. The molecule has 1 aliphatic heterocycles. The fraction of sp³-hybridized carbons (Fsp3) is 0.815. The minimum absolute atomic E-state index is 0.0129.